The molecule has 12 heteroatoms. The first-order chi connectivity index (χ1) is 29.3. The van der Waals surface area contributed by atoms with E-state index in [0.717, 1.165) is 50.4 Å². The van der Waals surface area contributed by atoms with Crippen molar-refractivity contribution in [1.29, 1.82) is 0 Å². The third-order valence-corrected chi connectivity index (χ3v) is 12.9. The molecule has 0 saturated heterocycles. The number of rotatable bonds is 12. The third-order valence-electron chi connectivity index (χ3n) is 10.3. The summed E-state index contributed by atoms with van der Waals surface area (Å²) < 4.78 is 0. The summed E-state index contributed by atoms with van der Waals surface area (Å²) >= 11 is 4.40. The van der Waals surface area contributed by atoms with Gasteiger partial charge in [-0.25, -0.2) is 0 Å². The van der Waals surface area contributed by atoms with Crippen LogP contribution in [-0.4, -0.2) is 52.3 Å². The number of thiophene rings is 3. The molecule has 0 saturated carbocycles. The van der Waals surface area contributed by atoms with E-state index >= 15 is 0 Å². The molecule has 0 aliphatic carbocycles. The summed E-state index contributed by atoms with van der Waals surface area (Å²) in [5.41, 5.74) is 10.9. The molecule has 9 aromatic rings. The van der Waals surface area contributed by atoms with E-state index in [-0.39, 0.29) is 17.7 Å². The van der Waals surface area contributed by atoms with Crippen LogP contribution >= 0.6 is 34.0 Å². The summed E-state index contributed by atoms with van der Waals surface area (Å²) in [7, 11) is 0. The second-order valence-electron chi connectivity index (χ2n) is 14.3. The van der Waals surface area contributed by atoms with Crippen LogP contribution < -0.4 is 16.0 Å². The molecule has 3 amide bonds. The van der Waals surface area contributed by atoms with Gasteiger partial charge in [-0.2, -0.15) is 0 Å². The van der Waals surface area contributed by atoms with Crippen LogP contribution in [0.4, 0.5) is 0 Å². The summed E-state index contributed by atoms with van der Waals surface area (Å²) in [5, 5.41) is 18.4. The van der Waals surface area contributed by atoms with Gasteiger partial charge in [0.25, 0.3) is 17.7 Å². The molecule has 9 rings (SSSR count). The molecule has 6 N–H and O–H groups in total. The highest BCUT2D eigenvalue weighted by molar-refractivity contribution is 7.12. The minimum atomic E-state index is 0.0116. The Bertz CT molecular complexity index is 2490. The highest BCUT2D eigenvalue weighted by Gasteiger charge is 2.12. The molecule has 0 aliphatic heterocycles. The number of carbonyl (C=O) groups is 3. The minimum absolute atomic E-state index is 0.0116. The zero-order valence-electron chi connectivity index (χ0n) is 33.8. The number of H-pyrrole nitrogens is 3. The van der Waals surface area contributed by atoms with E-state index < -0.39 is 0 Å². The first-order valence-corrected chi connectivity index (χ1v) is 22.5. The van der Waals surface area contributed by atoms with Gasteiger partial charge in [0.1, 0.15) is 0 Å². The van der Waals surface area contributed by atoms with Gasteiger partial charge < -0.3 is 30.9 Å². The Morgan fingerprint density at radius 3 is 0.967 bits per heavy atom. The fraction of sp³-hybridized carbons (Fsp3) is 0.188. The van der Waals surface area contributed by atoms with Crippen LogP contribution in [0.1, 0.15) is 62.8 Å². The van der Waals surface area contributed by atoms with Gasteiger partial charge in [-0.3, -0.25) is 14.4 Å². The van der Waals surface area contributed by atoms with Crippen molar-refractivity contribution in [2.24, 2.45) is 0 Å². The van der Waals surface area contributed by atoms with Crippen LogP contribution in [0.5, 0.6) is 0 Å². The van der Waals surface area contributed by atoms with Crippen molar-refractivity contribution in [2.45, 2.75) is 40.0 Å². The second-order valence-corrected chi connectivity index (χ2v) is 17.1. The molecular formula is C48H48N6O3S3. The maximum absolute atomic E-state index is 11.9. The number of benzene rings is 3. The summed E-state index contributed by atoms with van der Waals surface area (Å²) in [6.45, 7) is 8.20. The average Bonchev–Trinajstić information content (AvgIpc) is 4.12. The maximum Gasteiger partial charge on any atom is 0.261 e. The van der Waals surface area contributed by atoms with E-state index in [0.29, 0.717) is 19.6 Å². The van der Waals surface area contributed by atoms with Gasteiger partial charge in [-0.1, -0.05) is 72.8 Å². The van der Waals surface area contributed by atoms with E-state index in [1.807, 2.05) is 88.9 Å². The number of amides is 3. The number of aryl methyl sites for hydroxylation is 3. The molecule has 0 unspecified atom stereocenters. The standard InChI is InChI=1S/3C16H16N2OS/c3*1-11-12(13-5-2-3-6-14(13)18-11)8-9-17-16(19)15-7-4-10-20-15/h3*2-7,10,18H,8-9H2,1H3,(H,17,19). The van der Waals surface area contributed by atoms with E-state index in [1.54, 1.807) is 0 Å². The first-order valence-electron chi connectivity index (χ1n) is 19.9. The van der Waals surface area contributed by atoms with E-state index in [2.05, 4.69) is 88.1 Å². The Morgan fingerprint density at radius 1 is 0.417 bits per heavy atom. The van der Waals surface area contributed by atoms with Gasteiger partial charge >= 0.3 is 0 Å². The molecule has 0 aliphatic rings. The number of nitrogens with one attached hydrogen (secondary N) is 6. The Balaban J connectivity index is 0.000000136. The number of hydrogen-bond acceptors (Lipinski definition) is 6. The molecule has 0 spiro atoms. The summed E-state index contributed by atoms with van der Waals surface area (Å²) in [4.78, 5) is 48.1. The van der Waals surface area contributed by atoms with Gasteiger partial charge in [-0.15, -0.1) is 34.0 Å². The largest absolute Gasteiger partial charge is 0.358 e. The fourth-order valence-corrected chi connectivity index (χ4v) is 9.28. The van der Waals surface area contributed by atoms with Gasteiger partial charge in [0.2, 0.25) is 0 Å². The minimum Gasteiger partial charge on any atom is -0.358 e. The molecule has 6 heterocycles. The van der Waals surface area contributed by atoms with Crippen molar-refractivity contribution in [3.63, 3.8) is 0 Å². The molecule has 3 aromatic carbocycles. The first kappa shape index (κ1) is 41.9. The van der Waals surface area contributed by atoms with Crippen molar-refractivity contribution < 1.29 is 14.4 Å². The van der Waals surface area contributed by atoms with Crippen LogP contribution in [0, 0.1) is 20.8 Å². The molecule has 306 valence electrons. The summed E-state index contributed by atoms with van der Waals surface area (Å²) in [5.74, 6) is 0.0347. The Morgan fingerprint density at radius 2 is 0.700 bits per heavy atom. The molecule has 0 fully saturated rings. The van der Waals surface area contributed by atoms with Crippen LogP contribution in [0.2, 0.25) is 0 Å². The van der Waals surface area contributed by atoms with Gasteiger partial charge in [0.15, 0.2) is 0 Å². The lowest BCUT2D eigenvalue weighted by molar-refractivity contribution is 0.0950. The van der Waals surface area contributed by atoms with Crippen molar-refractivity contribution in [2.75, 3.05) is 19.6 Å². The Hall–Kier alpha value is -6.21. The average molecular weight is 853 g/mol. The van der Waals surface area contributed by atoms with Gasteiger partial charge in [0.05, 0.1) is 14.6 Å². The lowest BCUT2D eigenvalue weighted by Gasteiger charge is -2.04. The number of fused-ring (bicyclic) bond motifs is 3. The van der Waals surface area contributed by atoms with Crippen LogP contribution in [0.25, 0.3) is 32.7 Å². The third kappa shape index (κ3) is 10.3. The fourth-order valence-electron chi connectivity index (χ4n) is 7.36. The van der Waals surface area contributed by atoms with Crippen molar-refractivity contribution in [1.82, 2.24) is 30.9 Å². The van der Waals surface area contributed by atoms with Gasteiger partial charge in [0, 0.05) is 69.4 Å². The van der Waals surface area contributed by atoms with E-state index in [9.17, 15) is 14.4 Å². The highest BCUT2D eigenvalue weighted by atomic mass is 32.1. The predicted molar refractivity (Wildman–Crippen MR) is 250 cm³/mol. The number of aromatic amines is 3. The highest BCUT2D eigenvalue weighted by Crippen LogP contribution is 2.24. The monoisotopic (exact) mass is 852 g/mol. The number of aromatic nitrogens is 3. The van der Waals surface area contributed by atoms with Gasteiger partial charge in [-0.05, 0) is 109 Å². The molecule has 6 aromatic heterocycles. The zero-order valence-corrected chi connectivity index (χ0v) is 36.3. The number of hydrogen-bond donors (Lipinski definition) is 6. The molecule has 0 atom stereocenters. The Labute approximate surface area is 361 Å². The molecule has 0 radical (unpaired) electrons. The van der Waals surface area contributed by atoms with Crippen LogP contribution in [0.3, 0.4) is 0 Å². The number of carbonyl (C=O) groups excluding carboxylic acids is 3. The SMILES string of the molecule is Cc1[nH]c2ccccc2c1CCNC(=O)c1cccs1.Cc1[nH]c2ccccc2c1CCNC(=O)c1cccs1.Cc1[nH]c2ccccc2c1CCNC(=O)c1cccs1. The summed E-state index contributed by atoms with van der Waals surface area (Å²) in [6, 6.07) is 36.0. The molecular weight excluding hydrogens is 805 g/mol. The zero-order chi connectivity index (χ0) is 41.8. The maximum atomic E-state index is 11.9. The van der Waals surface area contributed by atoms with Crippen molar-refractivity contribution >= 4 is 84.4 Å². The molecule has 0 bridgehead atoms. The predicted octanol–water partition coefficient (Wildman–Crippen LogP) is 10.5. The smallest absolute Gasteiger partial charge is 0.261 e. The molecule has 60 heavy (non-hydrogen) atoms. The number of para-hydroxylation sites is 3. The lowest BCUT2D eigenvalue weighted by atomic mass is 10.1. The van der Waals surface area contributed by atoms with Crippen LogP contribution in [0.15, 0.2) is 125 Å². The molecule has 9 nitrogen and oxygen atoms in total. The van der Waals surface area contributed by atoms with E-state index in [4.69, 9.17) is 0 Å². The Kier molecular flexibility index (Phi) is 14.1. The lowest BCUT2D eigenvalue weighted by Crippen LogP contribution is -2.24. The van der Waals surface area contributed by atoms with Crippen molar-refractivity contribution in [3.8, 4) is 0 Å². The summed E-state index contributed by atoms with van der Waals surface area (Å²) in [6.07, 6.45) is 2.52. The topological polar surface area (TPSA) is 135 Å². The van der Waals surface area contributed by atoms with Crippen LogP contribution in [-0.2, 0) is 19.3 Å². The normalized spacial score (nSPS) is 10.8. The van der Waals surface area contributed by atoms with E-state index in [1.165, 1.54) is 83.9 Å². The second kappa shape index (κ2) is 20.2. The quantitative estimate of drug-likeness (QED) is 0.0731. The van der Waals surface area contributed by atoms with Crippen molar-refractivity contribution in [3.05, 3.63) is 174 Å².